The van der Waals surface area contributed by atoms with Crippen LogP contribution in [0.3, 0.4) is 0 Å². The van der Waals surface area contributed by atoms with E-state index in [1.165, 1.54) is 12.3 Å². The van der Waals surface area contributed by atoms with Crippen molar-refractivity contribution in [2.75, 3.05) is 0 Å². The molecule has 0 saturated carbocycles. The monoisotopic (exact) mass is 290 g/mol. The highest BCUT2D eigenvalue weighted by Crippen LogP contribution is 2.42. The summed E-state index contributed by atoms with van der Waals surface area (Å²) in [4.78, 5) is 0. The third-order valence-corrected chi connectivity index (χ3v) is 11.0. The van der Waals surface area contributed by atoms with Gasteiger partial charge in [0.25, 0.3) is 0 Å². The topological polar surface area (TPSA) is 4.93 Å². The van der Waals surface area contributed by atoms with E-state index in [0.717, 1.165) is 0 Å². The fraction of sp³-hybridized carbons (Fsp3) is 0.692. The third kappa shape index (κ3) is 2.78. The fourth-order valence-electron chi connectivity index (χ4n) is 3.74. The summed E-state index contributed by atoms with van der Waals surface area (Å²) >= 11 is 0. The Morgan fingerprint density at radius 3 is 1.63 bits per heavy atom. The van der Waals surface area contributed by atoms with Crippen molar-refractivity contribution in [3.63, 3.8) is 0 Å². The molecule has 0 aliphatic heterocycles. The Labute approximate surface area is 115 Å². The molecular formula is C13H24BF3NSi-. The van der Waals surface area contributed by atoms with Gasteiger partial charge in [-0.3, -0.25) is 0 Å². The van der Waals surface area contributed by atoms with Crippen molar-refractivity contribution in [1.29, 1.82) is 0 Å². The lowest BCUT2D eigenvalue weighted by Gasteiger charge is -2.44. The minimum atomic E-state index is -4.90. The minimum absolute atomic E-state index is 0.397. The maximum atomic E-state index is 12.9. The second-order valence-corrected chi connectivity index (χ2v) is 12.0. The first-order valence-electron chi connectivity index (χ1n) is 6.92. The molecule has 1 nitrogen and oxygen atoms in total. The molecule has 1 aromatic heterocycles. The van der Waals surface area contributed by atoms with Crippen LogP contribution >= 0.6 is 0 Å². The summed E-state index contributed by atoms with van der Waals surface area (Å²) in [6.45, 7) is 7.96. The zero-order chi connectivity index (χ0) is 15.0. The van der Waals surface area contributed by atoms with Crippen molar-refractivity contribution < 1.29 is 12.9 Å². The second kappa shape index (κ2) is 5.39. The number of rotatable bonds is 5. The average Bonchev–Trinajstić information content (AvgIpc) is 2.65. The van der Waals surface area contributed by atoms with Crippen molar-refractivity contribution in [2.45, 2.75) is 58.2 Å². The summed E-state index contributed by atoms with van der Waals surface area (Å²) in [5.74, 6) is 0. The molecule has 6 heteroatoms. The van der Waals surface area contributed by atoms with Crippen LogP contribution in [0, 0.1) is 0 Å². The number of halogens is 3. The molecule has 19 heavy (non-hydrogen) atoms. The molecule has 0 N–H and O–H groups in total. The molecule has 0 fully saturated rings. The Hall–Kier alpha value is -0.648. The predicted octanol–water partition coefficient (Wildman–Crippen LogP) is 4.57. The van der Waals surface area contributed by atoms with Crippen LogP contribution in [0.15, 0.2) is 18.5 Å². The van der Waals surface area contributed by atoms with Crippen molar-refractivity contribution in [2.24, 2.45) is 0 Å². The van der Waals surface area contributed by atoms with Gasteiger partial charge in [0.15, 0.2) is 8.24 Å². The number of hydrogen-bond acceptors (Lipinski definition) is 0. The molecule has 0 aromatic carbocycles. The van der Waals surface area contributed by atoms with E-state index >= 15 is 0 Å². The van der Waals surface area contributed by atoms with Gasteiger partial charge in [0.2, 0.25) is 0 Å². The molecule has 0 radical (unpaired) electrons. The average molecular weight is 290 g/mol. The van der Waals surface area contributed by atoms with E-state index in [2.05, 4.69) is 41.5 Å². The smallest absolute Gasteiger partial charge is 0.445 e. The maximum absolute atomic E-state index is 12.9. The predicted molar refractivity (Wildman–Crippen MR) is 79.6 cm³/mol. The molecule has 0 unspecified atom stereocenters. The fourth-order valence-corrected chi connectivity index (χ4v) is 10.2. The Bertz CT molecular complexity index is 402. The van der Waals surface area contributed by atoms with Crippen molar-refractivity contribution >= 4 is 20.7 Å². The van der Waals surface area contributed by atoms with Crippen LogP contribution in [-0.4, -0.2) is 19.4 Å². The lowest BCUT2D eigenvalue weighted by atomic mass is 9.83. The SMILES string of the molecule is CC(C)[Si](C(C)C)(C(C)C)n1ccc([B-](F)(F)F)c1. The van der Waals surface area contributed by atoms with Gasteiger partial charge in [-0.2, -0.15) is 0 Å². The molecule has 0 atom stereocenters. The Morgan fingerprint density at radius 1 is 0.947 bits per heavy atom. The van der Waals surface area contributed by atoms with Crippen LogP contribution in [0.4, 0.5) is 12.9 Å². The second-order valence-electron chi connectivity index (χ2n) is 6.28. The zero-order valence-corrected chi connectivity index (χ0v) is 13.6. The first-order valence-corrected chi connectivity index (χ1v) is 9.10. The van der Waals surface area contributed by atoms with Gasteiger partial charge < -0.3 is 17.2 Å². The van der Waals surface area contributed by atoms with Gasteiger partial charge >= 0.3 is 6.98 Å². The van der Waals surface area contributed by atoms with Gasteiger partial charge in [-0.1, -0.05) is 53.1 Å². The summed E-state index contributed by atoms with van der Waals surface area (Å²) in [7, 11) is -2.03. The van der Waals surface area contributed by atoms with E-state index < -0.39 is 20.7 Å². The molecule has 1 aromatic rings. The van der Waals surface area contributed by atoms with Crippen LogP contribution in [0.25, 0.3) is 0 Å². The standard InChI is InChI=1S/C13H24BF3NSi/c1-10(2)19(11(3)4,12(5)6)18-8-7-13(9-18)14(15,16)17/h7-12H,1-6H3/q-1. The van der Waals surface area contributed by atoms with Crippen LogP contribution in [-0.2, 0) is 0 Å². The number of hydrogen-bond donors (Lipinski definition) is 0. The molecule has 1 rings (SSSR count). The molecule has 0 spiro atoms. The van der Waals surface area contributed by atoms with E-state index in [-0.39, 0.29) is 0 Å². The van der Waals surface area contributed by atoms with Crippen LogP contribution in [0.5, 0.6) is 0 Å². The van der Waals surface area contributed by atoms with Crippen molar-refractivity contribution in [3.05, 3.63) is 18.5 Å². The summed E-state index contributed by atoms with van der Waals surface area (Å²) in [5, 5.41) is 0. The van der Waals surface area contributed by atoms with E-state index in [0.29, 0.717) is 16.6 Å². The lowest BCUT2D eigenvalue weighted by molar-refractivity contribution is 0.501. The molecule has 0 aliphatic rings. The highest BCUT2D eigenvalue weighted by atomic mass is 28.3. The largest absolute Gasteiger partial charge is 0.511 e. The Kier molecular flexibility index (Phi) is 4.65. The van der Waals surface area contributed by atoms with Gasteiger partial charge in [-0.25, -0.2) is 0 Å². The number of nitrogens with zero attached hydrogens (tertiary/aromatic N) is 1. The molecule has 0 saturated heterocycles. The highest BCUT2D eigenvalue weighted by molar-refractivity contribution is 6.82. The Balaban J connectivity index is 3.38. The zero-order valence-electron chi connectivity index (χ0n) is 12.6. The summed E-state index contributed by atoms with van der Waals surface area (Å²) in [6, 6.07) is 1.23. The van der Waals surface area contributed by atoms with Gasteiger partial charge in [0, 0.05) is 0 Å². The molecule has 0 amide bonds. The number of aromatic nitrogens is 1. The van der Waals surface area contributed by atoms with Gasteiger partial charge in [0.1, 0.15) is 0 Å². The third-order valence-electron chi connectivity index (χ3n) is 4.32. The van der Waals surface area contributed by atoms with Crippen molar-refractivity contribution in [1.82, 2.24) is 4.23 Å². The first kappa shape index (κ1) is 16.4. The maximum Gasteiger partial charge on any atom is 0.511 e. The quantitative estimate of drug-likeness (QED) is 0.700. The van der Waals surface area contributed by atoms with Gasteiger partial charge in [-0.05, 0) is 29.0 Å². The Morgan fingerprint density at radius 2 is 1.37 bits per heavy atom. The first-order chi connectivity index (χ1) is 8.54. The van der Waals surface area contributed by atoms with E-state index in [1.54, 1.807) is 6.20 Å². The minimum Gasteiger partial charge on any atom is -0.445 e. The molecular weight excluding hydrogens is 266 g/mol. The van der Waals surface area contributed by atoms with E-state index in [4.69, 9.17) is 0 Å². The summed E-state index contributed by atoms with van der Waals surface area (Å²) in [5.41, 5.74) is 0.717. The normalized spacial score (nSPS) is 13.9. The van der Waals surface area contributed by atoms with Gasteiger partial charge in [-0.15, -0.1) is 0 Å². The molecule has 1 heterocycles. The van der Waals surface area contributed by atoms with E-state index in [1.807, 2.05) is 4.23 Å². The highest BCUT2D eigenvalue weighted by Gasteiger charge is 2.45. The van der Waals surface area contributed by atoms with Crippen LogP contribution in [0.2, 0.25) is 16.6 Å². The van der Waals surface area contributed by atoms with Crippen LogP contribution < -0.4 is 5.46 Å². The lowest BCUT2D eigenvalue weighted by Crippen LogP contribution is -2.51. The van der Waals surface area contributed by atoms with Gasteiger partial charge in [0.05, 0.1) is 0 Å². The summed E-state index contributed by atoms with van der Waals surface area (Å²) in [6.07, 6.45) is 2.99. The van der Waals surface area contributed by atoms with E-state index in [9.17, 15) is 12.9 Å². The van der Waals surface area contributed by atoms with Crippen molar-refractivity contribution in [3.8, 4) is 0 Å². The molecule has 0 bridgehead atoms. The van der Waals surface area contributed by atoms with Crippen LogP contribution in [0.1, 0.15) is 41.5 Å². The molecule has 0 aliphatic carbocycles. The molecule has 110 valence electrons. The summed E-state index contributed by atoms with van der Waals surface area (Å²) < 4.78 is 40.5.